The van der Waals surface area contributed by atoms with E-state index in [4.69, 9.17) is 4.42 Å². The van der Waals surface area contributed by atoms with Gasteiger partial charge in [-0.05, 0) is 91.5 Å². The Kier molecular flexibility index (Phi) is 2.56. The molecule has 0 amide bonds. The van der Waals surface area contributed by atoms with Crippen LogP contribution in [0.5, 0.6) is 5.75 Å². The normalized spacial score (nSPS) is 35.9. The summed E-state index contributed by atoms with van der Waals surface area (Å²) in [5.74, 6) is 3.90. The van der Waals surface area contributed by atoms with Crippen LogP contribution in [-0.2, 0) is 5.41 Å². The number of phenols is 1. The lowest BCUT2D eigenvalue weighted by Gasteiger charge is -2.57. The summed E-state index contributed by atoms with van der Waals surface area (Å²) < 4.78 is 5.51. The Hall–Kier alpha value is -1.70. The molecule has 2 nitrogen and oxygen atoms in total. The van der Waals surface area contributed by atoms with Crippen molar-refractivity contribution in [1.29, 1.82) is 0 Å². The van der Waals surface area contributed by atoms with Gasteiger partial charge in [0.1, 0.15) is 11.5 Å². The second-order valence-corrected chi connectivity index (χ2v) is 7.91. The average Bonchev–Trinajstić information content (AvgIpc) is 3.00. The highest BCUT2D eigenvalue weighted by Gasteiger charge is 2.51. The van der Waals surface area contributed by atoms with Crippen LogP contribution in [0.1, 0.15) is 44.1 Å². The minimum Gasteiger partial charge on any atom is -0.507 e. The highest BCUT2D eigenvalue weighted by molar-refractivity contribution is 5.66. The van der Waals surface area contributed by atoms with Gasteiger partial charge in [0.25, 0.3) is 0 Å². The molecule has 4 bridgehead atoms. The highest BCUT2D eigenvalue weighted by Crippen LogP contribution is 2.61. The third kappa shape index (κ3) is 1.79. The van der Waals surface area contributed by atoms with Crippen LogP contribution in [-0.4, -0.2) is 5.11 Å². The van der Waals surface area contributed by atoms with Crippen molar-refractivity contribution in [2.45, 2.75) is 43.9 Å². The topological polar surface area (TPSA) is 33.4 Å². The zero-order valence-electron chi connectivity index (χ0n) is 12.8. The van der Waals surface area contributed by atoms with E-state index in [9.17, 15) is 5.11 Å². The second-order valence-electron chi connectivity index (χ2n) is 7.91. The minimum absolute atomic E-state index is 0.323. The van der Waals surface area contributed by atoms with Crippen LogP contribution in [0.2, 0.25) is 0 Å². The summed E-state index contributed by atoms with van der Waals surface area (Å²) in [6.07, 6.45) is 10.1. The summed E-state index contributed by atoms with van der Waals surface area (Å²) in [5.41, 5.74) is 2.64. The van der Waals surface area contributed by atoms with E-state index >= 15 is 0 Å². The Labute approximate surface area is 131 Å². The molecule has 22 heavy (non-hydrogen) atoms. The first-order chi connectivity index (χ1) is 10.7. The zero-order valence-corrected chi connectivity index (χ0v) is 12.8. The molecule has 4 aliphatic carbocycles. The Bertz CT molecular complexity index is 663. The molecule has 0 aliphatic heterocycles. The monoisotopic (exact) mass is 294 g/mol. The van der Waals surface area contributed by atoms with Crippen LogP contribution >= 0.6 is 0 Å². The van der Waals surface area contributed by atoms with Gasteiger partial charge in [-0.1, -0.05) is 6.07 Å². The van der Waals surface area contributed by atoms with Gasteiger partial charge in [-0.2, -0.15) is 0 Å². The smallest absolute Gasteiger partial charge is 0.137 e. The molecule has 114 valence electrons. The van der Waals surface area contributed by atoms with Crippen LogP contribution in [0, 0.1) is 17.8 Å². The Balaban J connectivity index is 1.60. The second kappa shape index (κ2) is 4.41. The predicted octanol–water partition coefficient (Wildman–Crippen LogP) is 5.12. The van der Waals surface area contributed by atoms with Crippen molar-refractivity contribution < 1.29 is 9.52 Å². The quantitative estimate of drug-likeness (QED) is 0.834. The number of rotatable bonds is 2. The van der Waals surface area contributed by atoms with Gasteiger partial charge < -0.3 is 9.52 Å². The van der Waals surface area contributed by atoms with E-state index in [1.165, 1.54) is 44.1 Å². The van der Waals surface area contributed by atoms with Crippen molar-refractivity contribution in [3.63, 3.8) is 0 Å². The van der Waals surface area contributed by atoms with Gasteiger partial charge in [0.2, 0.25) is 0 Å². The minimum atomic E-state index is 0.323. The average molecular weight is 294 g/mol. The van der Waals surface area contributed by atoms with Crippen molar-refractivity contribution in [2.24, 2.45) is 17.8 Å². The Morgan fingerprint density at radius 2 is 1.64 bits per heavy atom. The van der Waals surface area contributed by atoms with Crippen LogP contribution in [0.15, 0.2) is 41.0 Å². The fourth-order valence-electron chi connectivity index (χ4n) is 5.96. The van der Waals surface area contributed by atoms with E-state index in [2.05, 4.69) is 12.1 Å². The first kappa shape index (κ1) is 12.8. The predicted molar refractivity (Wildman–Crippen MR) is 85.7 cm³/mol. The molecule has 0 radical (unpaired) electrons. The summed E-state index contributed by atoms with van der Waals surface area (Å²) in [6, 6.07) is 10.0. The van der Waals surface area contributed by atoms with Gasteiger partial charge >= 0.3 is 0 Å². The first-order valence-corrected chi connectivity index (χ1v) is 8.59. The van der Waals surface area contributed by atoms with Crippen molar-refractivity contribution in [1.82, 2.24) is 0 Å². The third-order valence-electron chi connectivity index (χ3n) is 6.43. The van der Waals surface area contributed by atoms with Gasteiger partial charge in [-0.25, -0.2) is 0 Å². The summed E-state index contributed by atoms with van der Waals surface area (Å²) in [7, 11) is 0. The zero-order chi connectivity index (χ0) is 14.7. The summed E-state index contributed by atoms with van der Waals surface area (Å²) >= 11 is 0. The first-order valence-electron chi connectivity index (χ1n) is 8.59. The molecule has 0 saturated heterocycles. The van der Waals surface area contributed by atoms with Gasteiger partial charge in [-0.3, -0.25) is 0 Å². The number of hydrogen-bond acceptors (Lipinski definition) is 2. The van der Waals surface area contributed by atoms with Gasteiger partial charge in [0.05, 0.1) is 11.8 Å². The fraction of sp³-hybridized carbons (Fsp3) is 0.500. The molecule has 0 spiro atoms. The number of furan rings is 1. The molecule has 1 N–H and O–H groups in total. The summed E-state index contributed by atoms with van der Waals surface area (Å²) in [6.45, 7) is 0. The Morgan fingerprint density at radius 1 is 0.955 bits per heavy atom. The van der Waals surface area contributed by atoms with E-state index in [1.807, 2.05) is 18.2 Å². The standard InChI is InChI=1S/C20H22O2/c21-18-4-3-16(9-17(18)19-2-1-5-22-19)20-10-13-6-14(11-20)8-15(7-13)12-20/h1-5,9,13-15,21H,6-8,10-12H2. The molecular formula is C20H22O2. The lowest BCUT2D eigenvalue weighted by atomic mass is 9.48. The lowest BCUT2D eigenvalue weighted by molar-refractivity contribution is -0.00518. The largest absolute Gasteiger partial charge is 0.507 e. The molecule has 1 aromatic heterocycles. The summed E-state index contributed by atoms with van der Waals surface area (Å²) in [5, 5.41) is 10.2. The van der Waals surface area contributed by atoms with Crippen molar-refractivity contribution in [3.8, 4) is 17.1 Å². The molecule has 1 heterocycles. The maximum atomic E-state index is 10.2. The molecule has 4 saturated carbocycles. The van der Waals surface area contributed by atoms with Crippen molar-refractivity contribution in [2.75, 3.05) is 0 Å². The molecule has 4 aliphatic rings. The molecule has 4 fully saturated rings. The SMILES string of the molecule is Oc1ccc(C23CC4CC(CC(C4)C2)C3)cc1-c1ccco1. The molecule has 2 heteroatoms. The number of hydrogen-bond donors (Lipinski definition) is 1. The van der Waals surface area contributed by atoms with Gasteiger partial charge in [-0.15, -0.1) is 0 Å². The van der Waals surface area contributed by atoms with E-state index in [0.29, 0.717) is 11.2 Å². The Morgan fingerprint density at radius 3 is 2.23 bits per heavy atom. The van der Waals surface area contributed by atoms with Crippen LogP contribution < -0.4 is 0 Å². The molecule has 2 aromatic rings. The fourth-order valence-corrected chi connectivity index (χ4v) is 5.96. The molecule has 0 unspecified atom stereocenters. The van der Waals surface area contributed by atoms with E-state index in [0.717, 1.165) is 29.1 Å². The highest BCUT2D eigenvalue weighted by atomic mass is 16.3. The number of aromatic hydroxyl groups is 1. The van der Waals surface area contributed by atoms with Gasteiger partial charge in [0, 0.05) is 0 Å². The molecule has 6 rings (SSSR count). The van der Waals surface area contributed by atoms with Crippen molar-refractivity contribution >= 4 is 0 Å². The van der Waals surface area contributed by atoms with E-state index in [-0.39, 0.29) is 0 Å². The van der Waals surface area contributed by atoms with Crippen LogP contribution in [0.4, 0.5) is 0 Å². The van der Waals surface area contributed by atoms with Gasteiger partial charge in [0.15, 0.2) is 0 Å². The van der Waals surface area contributed by atoms with E-state index < -0.39 is 0 Å². The number of benzene rings is 1. The maximum absolute atomic E-state index is 10.2. The van der Waals surface area contributed by atoms with Crippen molar-refractivity contribution in [3.05, 3.63) is 42.2 Å². The third-order valence-corrected chi connectivity index (χ3v) is 6.43. The molecule has 0 atom stereocenters. The molecule has 1 aromatic carbocycles. The lowest BCUT2D eigenvalue weighted by Crippen LogP contribution is -2.48. The van der Waals surface area contributed by atoms with Crippen LogP contribution in [0.3, 0.4) is 0 Å². The van der Waals surface area contributed by atoms with E-state index in [1.54, 1.807) is 6.26 Å². The van der Waals surface area contributed by atoms with Crippen LogP contribution in [0.25, 0.3) is 11.3 Å². The maximum Gasteiger partial charge on any atom is 0.137 e. The number of phenolic OH excluding ortho intramolecular Hbond substituents is 1. The summed E-state index contributed by atoms with van der Waals surface area (Å²) in [4.78, 5) is 0. The molecular weight excluding hydrogens is 272 g/mol.